The topological polar surface area (TPSA) is 196 Å². The third-order valence-electron chi connectivity index (χ3n) is 2.83. The number of furan rings is 1. The Morgan fingerprint density at radius 3 is 2.00 bits per heavy atom. The van der Waals surface area contributed by atoms with Crippen LogP contribution < -0.4 is 4.90 Å². The molecular formula is C13H20N4O9. The molecular weight excluding hydrogens is 356 g/mol. The largest absolute Gasteiger partial charge is 0.464 e. The van der Waals surface area contributed by atoms with E-state index in [1.165, 1.54) is 0 Å². The predicted molar refractivity (Wildman–Crippen MR) is 87.2 cm³/mol. The van der Waals surface area contributed by atoms with Gasteiger partial charge in [0.25, 0.3) is 10.2 Å². The maximum absolute atomic E-state index is 8.95. The fourth-order valence-corrected chi connectivity index (χ4v) is 1.98. The summed E-state index contributed by atoms with van der Waals surface area (Å²) < 4.78 is 5.35. The second-order valence-corrected chi connectivity index (χ2v) is 4.58. The molecule has 0 bridgehead atoms. The average molecular weight is 376 g/mol. The summed E-state index contributed by atoms with van der Waals surface area (Å²) in [6.07, 6.45) is 4.72. The van der Waals surface area contributed by atoms with Gasteiger partial charge in [-0.25, -0.2) is 4.98 Å². The lowest BCUT2D eigenvalue weighted by atomic mass is 10.2. The number of aromatic nitrogens is 1. The summed E-state index contributed by atoms with van der Waals surface area (Å²) in [5, 5.41) is 46.1. The molecule has 13 heteroatoms. The molecule has 2 aromatic heterocycles. The van der Waals surface area contributed by atoms with Gasteiger partial charge in [0.1, 0.15) is 11.4 Å². The van der Waals surface area contributed by atoms with Crippen molar-refractivity contribution in [1.82, 2.24) is 4.98 Å². The van der Waals surface area contributed by atoms with Crippen LogP contribution in [0.4, 0.5) is 5.82 Å². The molecule has 0 aliphatic carbocycles. The van der Waals surface area contributed by atoms with Gasteiger partial charge >= 0.3 is 0 Å². The van der Waals surface area contributed by atoms with E-state index in [4.69, 9.17) is 45.3 Å². The molecule has 0 saturated carbocycles. The molecule has 2 aromatic rings. The fourth-order valence-electron chi connectivity index (χ4n) is 1.98. The number of fused-ring (bicyclic) bond motifs is 1. The standard InChI is InChI=1S/C13H18N2O3.2HNO3/c16-8-1-6-15(7-2-9-17)13-11-4-10-18-12(11)3-5-14-13;2*2-1(3)4/h3-5,10,16-17H,1-2,6-9H2;2*(H,2,3,4). The summed E-state index contributed by atoms with van der Waals surface area (Å²) in [5.41, 5.74) is 0.804. The Labute approximate surface area is 146 Å². The molecule has 26 heavy (non-hydrogen) atoms. The molecule has 13 nitrogen and oxygen atoms in total. The summed E-state index contributed by atoms with van der Waals surface area (Å²) in [5.74, 6) is 0.850. The van der Waals surface area contributed by atoms with E-state index in [-0.39, 0.29) is 13.2 Å². The lowest BCUT2D eigenvalue weighted by molar-refractivity contribution is -0.742. The summed E-state index contributed by atoms with van der Waals surface area (Å²) in [7, 11) is 0. The van der Waals surface area contributed by atoms with Crippen LogP contribution in [0.15, 0.2) is 29.0 Å². The zero-order valence-electron chi connectivity index (χ0n) is 13.7. The summed E-state index contributed by atoms with van der Waals surface area (Å²) in [4.78, 5) is 23.2. The zero-order chi connectivity index (χ0) is 19.9. The maximum atomic E-state index is 8.95. The predicted octanol–water partition coefficient (Wildman–Crippen LogP) is 0.704. The van der Waals surface area contributed by atoms with Gasteiger partial charge in [-0.15, -0.1) is 20.2 Å². The monoisotopic (exact) mass is 376 g/mol. The van der Waals surface area contributed by atoms with Crippen molar-refractivity contribution in [1.29, 1.82) is 0 Å². The molecule has 0 aliphatic heterocycles. The number of aliphatic hydroxyl groups excluding tert-OH is 2. The molecule has 0 amide bonds. The number of aliphatic hydroxyl groups is 2. The van der Waals surface area contributed by atoms with E-state index >= 15 is 0 Å². The van der Waals surface area contributed by atoms with Gasteiger partial charge in [0.15, 0.2) is 0 Å². The second kappa shape index (κ2) is 13.1. The van der Waals surface area contributed by atoms with Crippen molar-refractivity contribution in [2.24, 2.45) is 0 Å². The normalized spacial score (nSPS) is 9.46. The van der Waals surface area contributed by atoms with Crippen molar-refractivity contribution in [3.63, 3.8) is 0 Å². The quantitative estimate of drug-likeness (QED) is 0.392. The van der Waals surface area contributed by atoms with Crippen LogP contribution in [0.3, 0.4) is 0 Å². The Hall–Kier alpha value is -3.19. The molecule has 0 unspecified atom stereocenters. The number of rotatable bonds is 7. The number of hydrogen-bond donors (Lipinski definition) is 4. The molecule has 0 aliphatic rings. The zero-order valence-corrected chi connectivity index (χ0v) is 13.7. The van der Waals surface area contributed by atoms with Gasteiger partial charge in [-0.1, -0.05) is 0 Å². The number of nitrogens with zero attached hydrogens (tertiary/aromatic N) is 4. The molecule has 0 radical (unpaired) electrons. The molecule has 0 aromatic carbocycles. The Balaban J connectivity index is 0.000000662. The van der Waals surface area contributed by atoms with E-state index in [9.17, 15) is 0 Å². The molecule has 146 valence electrons. The van der Waals surface area contributed by atoms with Crippen molar-refractivity contribution in [2.75, 3.05) is 31.2 Å². The van der Waals surface area contributed by atoms with E-state index < -0.39 is 10.2 Å². The Morgan fingerprint density at radius 1 is 1.04 bits per heavy atom. The lowest BCUT2D eigenvalue weighted by Crippen LogP contribution is -2.27. The average Bonchev–Trinajstić information content (AvgIpc) is 3.03. The smallest absolute Gasteiger partial charge is 0.291 e. The first kappa shape index (κ1) is 22.8. The van der Waals surface area contributed by atoms with E-state index in [0.29, 0.717) is 25.9 Å². The highest BCUT2D eigenvalue weighted by Gasteiger charge is 2.12. The lowest BCUT2D eigenvalue weighted by Gasteiger charge is -2.23. The van der Waals surface area contributed by atoms with E-state index in [0.717, 1.165) is 16.8 Å². The SMILES string of the molecule is O=[N+]([O-])O.O=[N+]([O-])O.OCCCN(CCCO)c1nccc2occc12. The molecule has 4 N–H and O–H groups in total. The van der Waals surface area contributed by atoms with Crippen LogP contribution in [0, 0.1) is 20.2 Å². The Morgan fingerprint density at radius 2 is 1.54 bits per heavy atom. The van der Waals surface area contributed by atoms with Crippen LogP contribution in [0.2, 0.25) is 0 Å². The van der Waals surface area contributed by atoms with Gasteiger partial charge in [0, 0.05) is 32.5 Å². The second-order valence-electron chi connectivity index (χ2n) is 4.58. The molecule has 0 spiro atoms. The van der Waals surface area contributed by atoms with E-state index in [1.807, 2.05) is 12.1 Å². The van der Waals surface area contributed by atoms with E-state index in [1.54, 1.807) is 12.5 Å². The minimum atomic E-state index is -1.50. The van der Waals surface area contributed by atoms with Crippen LogP contribution in [0.1, 0.15) is 12.8 Å². The first-order valence-corrected chi connectivity index (χ1v) is 7.28. The summed E-state index contributed by atoms with van der Waals surface area (Å²) in [6, 6.07) is 3.72. The minimum absolute atomic E-state index is 0.150. The number of pyridine rings is 1. The Kier molecular flexibility index (Phi) is 11.5. The van der Waals surface area contributed by atoms with Crippen LogP contribution in [-0.4, -0.2) is 62.1 Å². The fraction of sp³-hybridized carbons (Fsp3) is 0.462. The van der Waals surface area contributed by atoms with Crippen molar-refractivity contribution in [3.05, 3.63) is 44.8 Å². The highest BCUT2D eigenvalue weighted by molar-refractivity contribution is 5.88. The molecule has 0 fully saturated rings. The number of hydrogen-bond acceptors (Lipinski definition) is 9. The third-order valence-corrected chi connectivity index (χ3v) is 2.83. The van der Waals surface area contributed by atoms with Crippen molar-refractivity contribution in [2.45, 2.75) is 12.8 Å². The first-order chi connectivity index (χ1) is 12.3. The van der Waals surface area contributed by atoms with Crippen LogP contribution in [-0.2, 0) is 0 Å². The highest BCUT2D eigenvalue weighted by atomic mass is 16.9. The van der Waals surface area contributed by atoms with Crippen molar-refractivity contribution < 1.29 is 35.2 Å². The molecule has 2 heterocycles. The minimum Gasteiger partial charge on any atom is -0.464 e. The van der Waals surface area contributed by atoms with Gasteiger partial charge in [-0.2, -0.15) is 0 Å². The third kappa shape index (κ3) is 9.84. The van der Waals surface area contributed by atoms with Gasteiger partial charge < -0.3 is 29.9 Å². The molecule has 0 saturated heterocycles. The molecule has 0 atom stereocenters. The summed E-state index contributed by atoms with van der Waals surface area (Å²) >= 11 is 0. The van der Waals surface area contributed by atoms with Crippen molar-refractivity contribution >= 4 is 16.8 Å². The van der Waals surface area contributed by atoms with E-state index in [2.05, 4.69) is 9.88 Å². The number of anilines is 1. The van der Waals surface area contributed by atoms with Gasteiger partial charge in [0.05, 0.1) is 11.6 Å². The maximum Gasteiger partial charge on any atom is 0.291 e. The summed E-state index contributed by atoms with van der Waals surface area (Å²) in [6.45, 7) is 1.73. The van der Waals surface area contributed by atoms with Gasteiger partial charge in [-0.3, -0.25) is 0 Å². The van der Waals surface area contributed by atoms with Crippen LogP contribution in [0.5, 0.6) is 0 Å². The highest BCUT2D eigenvalue weighted by Crippen LogP contribution is 2.25. The van der Waals surface area contributed by atoms with Crippen LogP contribution >= 0.6 is 0 Å². The van der Waals surface area contributed by atoms with Gasteiger partial charge in [-0.05, 0) is 25.0 Å². The van der Waals surface area contributed by atoms with Gasteiger partial charge in [0.2, 0.25) is 0 Å². The first-order valence-electron chi connectivity index (χ1n) is 7.28. The Bertz CT molecular complexity index is 636. The van der Waals surface area contributed by atoms with Crippen molar-refractivity contribution in [3.8, 4) is 0 Å². The van der Waals surface area contributed by atoms with Crippen LogP contribution in [0.25, 0.3) is 11.0 Å². The molecule has 2 rings (SSSR count).